The van der Waals surface area contributed by atoms with Gasteiger partial charge < -0.3 is 31.6 Å². The maximum Gasteiger partial charge on any atom is 2.00 e. The van der Waals surface area contributed by atoms with Gasteiger partial charge in [0, 0.05) is 13.6 Å². The van der Waals surface area contributed by atoms with Crippen molar-refractivity contribution in [2.75, 3.05) is 20.6 Å². The maximum absolute atomic E-state index is 11.4. The summed E-state index contributed by atoms with van der Waals surface area (Å²) in [7, 11) is 3.22. The summed E-state index contributed by atoms with van der Waals surface area (Å²) in [6, 6.07) is -0.634. The summed E-state index contributed by atoms with van der Waals surface area (Å²) in [6.45, 7) is 5.64. The van der Waals surface area contributed by atoms with Gasteiger partial charge in [-0.15, -0.1) is 0 Å². The van der Waals surface area contributed by atoms with Crippen molar-refractivity contribution < 1.29 is 45.7 Å². The van der Waals surface area contributed by atoms with Crippen LogP contribution < -0.4 is 16.0 Å². The monoisotopic (exact) mass is 371 g/mol. The van der Waals surface area contributed by atoms with E-state index in [1.807, 2.05) is 0 Å². The molecule has 0 aromatic heterocycles. The Bertz CT molecular complexity index is 258. The number of hydrogen-bond donors (Lipinski definition) is 3. The summed E-state index contributed by atoms with van der Waals surface area (Å²) in [5.41, 5.74) is -0.572. The van der Waals surface area contributed by atoms with Crippen molar-refractivity contribution in [2.24, 2.45) is 0 Å². The van der Waals surface area contributed by atoms with E-state index in [0.717, 1.165) is 0 Å². The molecule has 0 radical (unpaired) electrons. The molecule has 0 fully saturated rings. The first-order chi connectivity index (χ1) is 7.30. The third-order valence-corrected chi connectivity index (χ3v) is 1.66. The van der Waals surface area contributed by atoms with Crippen molar-refractivity contribution in [1.29, 1.82) is 0 Å². The van der Waals surface area contributed by atoms with Crippen LogP contribution in [0.25, 0.3) is 0 Å². The molecular weight excluding hydrogens is 349 g/mol. The van der Waals surface area contributed by atoms with Crippen LogP contribution in [0.1, 0.15) is 20.8 Å². The molecule has 1 unspecified atom stereocenters. The van der Waals surface area contributed by atoms with Gasteiger partial charge in [0.2, 0.25) is 5.91 Å². The van der Waals surface area contributed by atoms with Gasteiger partial charge in [-0.2, -0.15) is 0 Å². The van der Waals surface area contributed by atoms with E-state index in [1.165, 1.54) is 7.05 Å². The number of amides is 2. The van der Waals surface area contributed by atoms with Crippen molar-refractivity contribution >= 4 is 12.0 Å². The van der Waals surface area contributed by atoms with Gasteiger partial charge in [0.25, 0.3) is 0 Å². The minimum absolute atomic E-state index is 0. The fraction of sp³-hybridized carbons (Fsp3) is 0.800. The summed E-state index contributed by atoms with van der Waals surface area (Å²) in [5.74, 6) is -0.264. The van der Waals surface area contributed by atoms with Gasteiger partial charge in [-0.05, 0) is 27.8 Å². The van der Waals surface area contributed by atoms with Gasteiger partial charge in [-0.1, -0.05) is 0 Å². The van der Waals surface area contributed by atoms with Gasteiger partial charge in [-0.25, -0.2) is 4.79 Å². The molecule has 0 bridgehead atoms. The fourth-order valence-electron chi connectivity index (χ4n) is 1.04. The van der Waals surface area contributed by atoms with E-state index in [-0.39, 0.29) is 37.3 Å². The molecule has 1 atom stereocenters. The molecule has 0 heterocycles. The zero-order chi connectivity index (χ0) is 12.8. The Hall–Kier alpha value is -0.718. The van der Waals surface area contributed by atoms with Crippen LogP contribution in [0.4, 0.5) is 4.79 Å². The molecule has 0 aromatic carbocycles. The van der Waals surface area contributed by atoms with Crippen LogP contribution in [-0.2, 0) is 30.0 Å². The summed E-state index contributed by atoms with van der Waals surface area (Å²) >= 11 is 0. The molecular formula is C10H23N3O5Pd. The number of nitrogens with one attached hydrogen (secondary N) is 3. The van der Waals surface area contributed by atoms with Gasteiger partial charge in [-0.3, -0.25) is 4.79 Å². The SMILES string of the molecule is CNCC(NC(=O)OC(C)(C)C)C(=O)NC.[OH-].[OH-].[Pd+2]. The zero-order valence-electron chi connectivity index (χ0n) is 11.7. The van der Waals surface area contributed by atoms with Gasteiger partial charge in [0.1, 0.15) is 11.6 Å². The molecule has 118 valence electrons. The van der Waals surface area contributed by atoms with Gasteiger partial charge in [0.15, 0.2) is 0 Å². The molecule has 5 N–H and O–H groups in total. The van der Waals surface area contributed by atoms with Crippen LogP contribution in [-0.4, -0.2) is 55.2 Å². The fourth-order valence-corrected chi connectivity index (χ4v) is 1.04. The summed E-state index contributed by atoms with van der Waals surface area (Å²) in [4.78, 5) is 22.8. The molecule has 2 amide bonds. The zero-order valence-corrected chi connectivity index (χ0v) is 13.3. The van der Waals surface area contributed by atoms with E-state index in [4.69, 9.17) is 4.74 Å². The van der Waals surface area contributed by atoms with Gasteiger partial charge in [0.05, 0.1) is 0 Å². The number of carbonyl (C=O) groups excluding carboxylic acids is 2. The number of carbonyl (C=O) groups is 2. The maximum atomic E-state index is 11.4. The predicted octanol–water partition coefficient (Wildman–Crippen LogP) is -0.511. The van der Waals surface area contributed by atoms with Crippen LogP contribution in [0, 0.1) is 0 Å². The summed E-state index contributed by atoms with van der Waals surface area (Å²) in [6.07, 6.45) is -0.601. The van der Waals surface area contributed by atoms with E-state index in [9.17, 15) is 9.59 Å². The number of ether oxygens (including phenoxy) is 1. The Kier molecular flexibility index (Phi) is 17.4. The largest absolute Gasteiger partial charge is 2.00 e. The molecule has 0 saturated carbocycles. The summed E-state index contributed by atoms with van der Waals surface area (Å²) < 4.78 is 5.05. The molecule has 9 heteroatoms. The van der Waals surface area contributed by atoms with Crippen LogP contribution in [0.2, 0.25) is 0 Å². The average molecular weight is 372 g/mol. The Morgan fingerprint density at radius 1 is 1.16 bits per heavy atom. The van der Waals surface area contributed by atoms with E-state index in [0.29, 0.717) is 6.54 Å². The van der Waals surface area contributed by atoms with Crippen LogP contribution in [0.15, 0.2) is 0 Å². The Morgan fingerprint density at radius 2 is 1.63 bits per heavy atom. The minimum Gasteiger partial charge on any atom is -0.870 e. The standard InChI is InChI=1S/C10H21N3O3.2H2O.Pd/c1-10(2,3)16-9(15)13-7(6-11-4)8(14)12-5;;;/h7,11H,6H2,1-5H3,(H,12,14)(H,13,15);2*1H2;/q;;;+2/p-2. The van der Waals surface area contributed by atoms with Crippen molar-refractivity contribution in [3.05, 3.63) is 0 Å². The first-order valence-electron chi connectivity index (χ1n) is 5.16. The van der Waals surface area contributed by atoms with Crippen LogP contribution in [0.5, 0.6) is 0 Å². The molecule has 0 rings (SSSR count). The first kappa shape index (κ1) is 26.8. The number of likely N-dealkylation sites (N-methyl/N-ethyl adjacent to an activating group) is 2. The molecule has 8 nitrogen and oxygen atoms in total. The molecule has 0 aliphatic rings. The molecule has 0 saturated heterocycles. The van der Waals surface area contributed by atoms with Gasteiger partial charge >= 0.3 is 26.5 Å². The van der Waals surface area contributed by atoms with E-state index >= 15 is 0 Å². The van der Waals surface area contributed by atoms with Crippen molar-refractivity contribution in [2.45, 2.75) is 32.4 Å². The van der Waals surface area contributed by atoms with Crippen molar-refractivity contribution in [3.63, 3.8) is 0 Å². The molecule has 0 aliphatic heterocycles. The Labute approximate surface area is 127 Å². The summed E-state index contributed by atoms with van der Waals surface area (Å²) in [5, 5.41) is 7.78. The van der Waals surface area contributed by atoms with Crippen molar-refractivity contribution in [3.8, 4) is 0 Å². The Morgan fingerprint density at radius 3 is 1.95 bits per heavy atom. The normalized spacial score (nSPS) is 10.8. The topological polar surface area (TPSA) is 139 Å². The third kappa shape index (κ3) is 13.5. The van der Waals surface area contributed by atoms with Crippen LogP contribution in [0.3, 0.4) is 0 Å². The molecule has 0 spiro atoms. The smallest absolute Gasteiger partial charge is 0.870 e. The van der Waals surface area contributed by atoms with E-state index in [2.05, 4.69) is 16.0 Å². The molecule has 0 aliphatic carbocycles. The quantitative estimate of drug-likeness (QED) is 0.569. The second-order valence-corrected chi connectivity index (χ2v) is 4.37. The van der Waals surface area contributed by atoms with E-state index < -0.39 is 17.7 Å². The third-order valence-electron chi connectivity index (χ3n) is 1.66. The van der Waals surface area contributed by atoms with Crippen LogP contribution >= 0.6 is 0 Å². The second kappa shape index (κ2) is 12.3. The number of alkyl carbamates (subject to hydrolysis) is 1. The molecule has 0 aromatic rings. The number of hydrogen-bond acceptors (Lipinski definition) is 6. The van der Waals surface area contributed by atoms with Crippen molar-refractivity contribution in [1.82, 2.24) is 16.0 Å². The number of rotatable bonds is 4. The minimum atomic E-state index is -0.634. The first-order valence-corrected chi connectivity index (χ1v) is 5.16. The Balaban J connectivity index is -0.000000375. The predicted molar refractivity (Wildman–Crippen MR) is 65.0 cm³/mol. The molecule has 19 heavy (non-hydrogen) atoms. The second-order valence-electron chi connectivity index (χ2n) is 4.37. The van der Waals surface area contributed by atoms with E-state index in [1.54, 1.807) is 27.8 Å². The average Bonchev–Trinajstić information content (AvgIpc) is 2.13.